The van der Waals surface area contributed by atoms with Gasteiger partial charge in [-0.3, -0.25) is 4.79 Å². The number of likely N-dealkylation sites (tertiary alicyclic amines) is 1. The zero-order valence-electron chi connectivity index (χ0n) is 15.9. The molecule has 0 radical (unpaired) electrons. The van der Waals surface area contributed by atoms with Gasteiger partial charge in [0.1, 0.15) is 6.04 Å². The second-order valence-corrected chi connectivity index (χ2v) is 9.11. The van der Waals surface area contributed by atoms with Gasteiger partial charge >= 0.3 is 6.18 Å². The maximum absolute atomic E-state index is 12.9. The molecule has 6 nitrogen and oxygen atoms in total. The number of rotatable bonds is 6. The van der Waals surface area contributed by atoms with Gasteiger partial charge in [0.2, 0.25) is 15.9 Å². The Labute approximate surface area is 163 Å². The van der Waals surface area contributed by atoms with Crippen molar-refractivity contribution in [3.8, 4) is 0 Å². The lowest BCUT2D eigenvalue weighted by atomic mass is 9.96. The minimum atomic E-state index is -4.66. The van der Waals surface area contributed by atoms with E-state index in [2.05, 4.69) is 4.72 Å². The van der Waals surface area contributed by atoms with E-state index < -0.39 is 32.7 Å². The van der Waals surface area contributed by atoms with Crippen LogP contribution in [0.4, 0.5) is 13.2 Å². The number of piperidine rings is 1. The summed E-state index contributed by atoms with van der Waals surface area (Å²) in [6.45, 7) is 4.75. The zero-order valence-corrected chi connectivity index (χ0v) is 16.7. The van der Waals surface area contributed by atoms with Crippen LogP contribution < -0.4 is 10.5 Å². The molecular weight excluding hydrogens is 395 g/mol. The van der Waals surface area contributed by atoms with Crippen molar-refractivity contribution in [2.75, 3.05) is 19.6 Å². The third-order valence-electron chi connectivity index (χ3n) is 4.85. The summed E-state index contributed by atoms with van der Waals surface area (Å²) in [5.41, 5.74) is 4.62. The quantitative estimate of drug-likeness (QED) is 0.737. The van der Waals surface area contributed by atoms with E-state index in [1.165, 1.54) is 0 Å². The van der Waals surface area contributed by atoms with E-state index in [-0.39, 0.29) is 17.7 Å². The molecule has 1 aliphatic heterocycles. The average molecular weight is 421 g/mol. The Bertz CT molecular complexity index is 797. The molecule has 3 N–H and O–H groups in total. The van der Waals surface area contributed by atoms with Crippen molar-refractivity contribution in [3.63, 3.8) is 0 Å². The second kappa shape index (κ2) is 8.79. The molecule has 2 atom stereocenters. The van der Waals surface area contributed by atoms with Gasteiger partial charge < -0.3 is 10.6 Å². The summed E-state index contributed by atoms with van der Waals surface area (Å²) in [5.74, 6) is -0.611. The van der Waals surface area contributed by atoms with Gasteiger partial charge in [0.05, 0.1) is 10.5 Å². The standard InChI is InChI=1S/C18H26F3N3O3S/c1-12(2)16(17(25)24-8-4-5-13(10-22)11-24)23-28(26,27)15-7-3-6-14(9-15)18(19,20)21/h3,6-7,9,12-13,16,23H,4-5,8,10-11,22H2,1-2H3/t13-,16+/m0/s1. The van der Waals surface area contributed by atoms with Gasteiger partial charge in [-0.25, -0.2) is 8.42 Å². The summed E-state index contributed by atoms with van der Waals surface area (Å²) >= 11 is 0. The highest BCUT2D eigenvalue weighted by Crippen LogP contribution is 2.30. The molecule has 0 aliphatic carbocycles. The third kappa shape index (κ3) is 5.45. The number of benzene rings is 1. The van der Waals surface area contributed by atoms with Crippen molar-refractivity contribution in [2.24, 2.45) is 17.6 Å². The molecule has 1 amide bonds. The fourth-order valence-corrected chi connectivity index (χ4v) is 4.58. The van der Waals surface area contributed by atoms with E-state index in [1.807, 2.05) is 0 Å². The van der Waals surface area contributed by atoms with Crippen LogP contribution in [0.2, 0.25) is 0 Å². The minimum absolute atomic E-state index is 0.158. The van der Waals surface area contributed by atoms with E-state index in [0.29, 0.717) is 25.7 Å². The average Bonchev–Trinajstić information content (AvgIpc) is 2.65. The van der Waals surface area contributed by atoms with Crippen LogP contribution in [0.5, 0.6) is 0 Å². The monoisotopic (exact) mass is 421 g/mol. The second-order valence-electron chi connectivity index (χ2n) is 7.40. The number of hydrogen-bond donors (Lipinski definition) is 2. The molecular formula is C18H26F3N3O3S. The van der Waals surface area contributed by atoms with E-state index in [0.717, 1.165) is 31.0 Å². The number of carbonyl (C=O) groups excluding carboxylic acids is 1. The number of amides is 1. The maximum atomic E-state index is 12.9. The van der Waals surface area contributed by atoms with Crippen LogP contribution in [0.25, 0.3) is 0 Å². The first-order chi connectivity index (χ1) is 13.0. The van der Waals surface area contributed by atoms with Crippen LogP contribution in [-0.4, -0.2) is 44.9 Å². The Kier molecular flexibility index (Phi) is 7.11. The SMILES string of the molecule is CC(C)[C@@H](NS(=O)(=O)c1cccc(C(F)(F)F)c1)C(=O)N1CCC[C@@H](CN)C1. The number of nitrogens with one attached hydrogen (secondary N) is 1. The molecule has 10 heteroatoms. The van der Waals surface area contributed by atoms with Gasteiger partial charge in [0.25, 0.3) is 0 Å². The molecule has 158 valence electrons. The summed E-state index contributed by atoms with van der Waals surface area (Å²) in [5, 5.41) is 0. The topological polar surface area (TPSA) is 92.5 Å². The van der Waals surface area contributed by atoms with Crippen molar-refractivity contribution >= 4 is 15.9 Å². The predicted molar refractivity (Wildman–Crippen MR) is 98.7 cm³/mol. The lowest BCUT2D eigenvalue weighted by Gasteiger charge is -2.35. The van der Waals surface area contributed by atoms with Crippen molar-refractivity contribution in [3.05, 3.63) is 29.8 Å². The van der Waals surface area contributed by atoms with Gasteiger partial charge in [0.15, 0.2) is 0 Å². The predicted octanol–water partition coefficient (Wildman–Crippen LogP) is 2.21. The summed E-state index contributed by atoms with van der Waals surface area (Å²) < 4.78 is 66.3. The van der Waals surface area contributed by atoms with Crippen molar-refractivity contribution in [2.45, 2.75) is 43.8 Å². The normalized spacial score (nSPS) is 19.7. The molecule has 2 rings (SSSR count). The Morgan fingerprint density at radius 1 is 1.36 bits per heavy atom. The summed E-state index contributed by atoms with van der Waals surface area (Å²) in [6.07, 6.45) is -2.98. The molecule has 28 heavy (non-hydrogen) atoms. The highest BCUT2D eigenvalue weighted by molar-refractivity contribution is 7.89. The Balaban J connectivity index is 2.24. The number of nitrogens with zero attached hydrogens (tertiary/aromatic N) is 1. The summed E-state index contributed by atoms with van der Waals surface area (Å²) in [7, 11) is -4.31. The number of alkyl halides is 3. The Morgan fingerprint density at radius 3 is 2.61 bits per heavy atom. The zero-order chi connectivity index (χ0) is 21.1. The first-order valence-corrected chi connectivity index (χ1v) is 10.6. The van der Waals surface area contributed by atoms with E-state index >= 15 is 0 Å². The van der Waals surface area contributed by atoms with Gasteiger partial charge in [0, 0.05) is 13.1 Å². The van der Waals surface area contributed by atoms with Crippen LogP contribution >= 0.6 is 0 Å². The van der Waals surface area contributed by atoms with Crippen molar-refractivity contribution in [1.82, 2.24) is 9.62 Å². The van der Waals surface area contributed by atoms with Gasteiger partial charge in [-0.05, 0) is 49.4 Å². The van der Waals surface area contributed by atoms with E-state index in [9.17, 15) is 26.4 Å². The Hall–Kier alpha value is -1.65. The van der Waals surface area contributed by atoms with Gasteiger partial charge in [-0.15, -0.1) is 0 Å². The number of sulfonamides is 1. The molecule has 1 aliphatic rings. The first kappa shape index (κ1) is 22.6. The van der Waals surface area contributed by atoms with Crippen molar-refractivity contribution < 1.29 is 26.4 Å². The first-order valence-electron chi connectivity index (χ1n) is 9.14. The maximum Gasteiger partial charge on any atom is 0.416 e. The van der Waals surface area contributed by atoms with Crippen LogP contribution in [0, 0.1) is 11.8 Å². The molecule has 0 unspecified atom stereocenters. The number of halogens is 3. The van der Waals surface area contributed by atoms with E-state index in [4.69, 9.17) is 5.73 Å². The Morgan fingerprint density at radius 2 is 2.04 bits per heavy atom. The van der Waals surface area contributed by atoms with Crippen LogP contribution in [0.1, 0.15) is 32.3 Å². The van der Waals surface area contributed by atoms with Crippen LogP contribution in [0.3, 0.4) is 0 Å². The lowest BCUT2D eigenvalue weighted by Crippen LogP contribution is -2.53. The summed E-state index contributed by atoms with van der Waals surface area (Å²) in [6, 6.07) is 2.39. The molecule has 0 spiro atoms. The minimum Gasteiger partial charge on any atom is -0.341 e. The lowest BCUT2D eigenvalue weighted by molar-refractivity contribution is -0.138. The van der Waals surface area contributed by atoms with E-state index in [1.54, 1.807) is 18.7 Å². The molecule has 1 aromatic carbocycles. The molecule has 1 heterocycles. The fourth-order valence-electron chi connectivity index (χ4n) is 3.20. The van der Waals surface area contributed by atoms with Crippen LogP contribution in [-0.2, 0) is 21.0 Å². The molecule has 1 aromatic rings. The van der Waals surface area contributed by atoms with Crippen molar-refractivity contribution in [1.29, 1.82) is 0 Å². The number of carbonyl (C=O) groups is 1. The molecule has 0 saturated carbocycles. The van der Waals surface area contributed by atoms with Gasteiger partial charge in [-0.1, -0.05) is 19.9 Å². The fraction of sp³-hybridized carbons (Fsp3) is 0.611. The third-order valence-corrected chi connectivity index (χ3v) is 6.29. The largest absolute Gasteiger partial charge is 0.416 e. The molecule has 1 saturated heterocycles. The van der Waals surface area contributed by atoms with Crippen LogP contribution in [0.15, 0.2) is 29.2 Å². The highest BCUT2D eigenvalue weighted by Gasteiger charge is 2.35. The molecule has 1 fully saturated rings. The smallest absolute Gasteiger partial charge is 0.341 e. The summed E-state index contributed by atoms with van der Waals surface area (Å²) in [4.78, 5) is 14.0. The van der Waals surface area contributed by atoms with Gasteiger partial charge in [-0.2, -0.15) is 17.9 Å². The highest BCUT2D eigenvalue weighted by atomic mass is 32.2. The number of nitrogens with two attached hydrogens (primary N) is 1. The molecule has 0 bridgehead atoms. The molecule has 0 aromatic heterocycles. The number of hydrogen-bond acceptors (Lipinski definition) is 4.